The van der Waals surface area contributed by atoms with Crippen molar-refractivity contribution in [2.45, 2.75) is 25.8 Å². The number of aryl methyl sites for hydroxylation is 1. The van der Waals surface area contributed by atoms with Gasteiger partial charge in [-0.2, -0.15) is 5.10 Å². The number of carbonyl (C=O) groups is 1. The zero-order valence-electron chi connectivity index (χ0n) is 14.6. The Morgan fingerprint density at radius 1 is 1.23 bits per heavy atom. The molecule has 26 heavy (non-hydrogen) atoms. The summed E-state index contributed by atoms with van der Waals surface area (Å²) >= 11 is 0. The molecule has 5 heteroatoms. The first-order chi connectivity index (χ1) is 12.7. The summed E-state index contributed by atoms with van der Waals surface area (Å²) in [4.78, 5) is 16.5. The van der Waals surface area contributed by atoms with E-state index < -0.39 is 0 Å². The smallest absolute Gasteiger partial charge is 0.244 e. The number of fused-ring (bicyclic) bond motifs is 1. The van der Waals surface area contributed by atoms with Gasteiger partial charge < -0.3 is 5.32 Å². The van der Waals surface area contributed by atoms with E-state index >= 15 is 0 Å². The molecule has 3 aromatic rings. The number of amides is 1. The van der Waals surface area contributed by atoms with Crippen LogP contribution in [0.2, 0.25) is 0 Å². The van der Waals surface area contributed by atoms with Crippen molar-refractivity contribution >= 4 is 12.0 Å². The second kappa shape index (κ2) is 6.96. The number of hydrogen-bond donors (Lipinski definition) is 2. The number of nitrogens with zero attached hydrogens (tertiary/aromatic N) is 2. The molecule has 0 bridgehead atoms. The van der Waals surface area contributed by atoms with Crippen molar-refractivity contribution < 1.29 is 4.79 Å². The first-order valence-corrected chi connectivity index (χ1v) is 8.69. The molecule has 0 spiro atoms. The number of rotatable bonds is 4. The fraction of sp³-hybridized carbons (Fsp3) is 0.190. The minimum atomic E-state index is -0.0819. The highest BCUT2D eigenvalue weighted by molar-refractivity contribution is 5.93. The molecule has 0 fully saturated rings. The maximum Gasteiger partial charge on any atom is 0.244 e. The van der Waals surface area contributed by atoms with Crippen molar-refractivity contribution in [2.24, 2.45) is 0 Å². The van der Waals surface area contributed by atoms with E-state index in [1.807, 2.05) is 12.3 Å². The predicted molar refractivity (Wildman–Crippen MR) is 101 cm³/mol. The highest BCUT2D eigenvalue weighted by Gasteiger charge is 2.22. The summed E-state index contributed by atoms with van der Waals surface area (Å²) in [6, 6.07) is 8.58. The molecule has 1 aliphatic carbocycles. The van der Waals surface area contributed by atoms with Crippen LogP contribution in [0.15, 0.2) is 55.1 Å². The summed E-state index contributed by atoms with van der Waals surface area (Å²) in [5.74, 6) is -0.0819. The molecule has 0 radical (unpaired) electrons. The Labute approximate surface area is 152 Å². The Bertz CT molecular complexity index is 960. The SMILES string of the molecule is Cc1ccc2c(c1)CC(NC(=O)/C=C/c1cnccc1-c1cn[nH]c1)C2. The van der Waals surface area contributed by atoms with E-state index in [4.69, 9.17) is 0 Å². The fourth-order valence-corrected chi connectivity index (χ4v) is 3.46. The fourth-order valence-electron chi connectivity index (χ4n) is 3.46. The standard InChI is InChI=1S/C21H20N4O/c1-14-2-3-15-9-19(10-17(15)8-14)25-21(26)5-4-16-11-22-7-6-20(16)18-12-23-24-13-18/h2-8,11-13,19H,9-10H2,1H3,(H,23,24)(H,25,26)/b5-4+. The van der Waals surface area contributed by atoms with Crippen LogP contribution in [-0.4, -0.2) is 27.1 Å². The number of nitrogens with one attached hydrogen (secondary N) is 2. The van der Waals surface area contributed by atoms with Crippen LogP contribution in [0.25, 0.3) is 17.2 Å². The minimum Gasteiger partial charge on any atom is -0.349 e. The average Bonchev–Trinajstić information content (AvgIpc) is 3.29. The van der Waals surface area contributed by atoms with E-state index in [0.29, 0.717) is 0 Å². The van der Waals surface area contributed by atoms with Gasteiger partial charge in [-0.25, -0.2) is 0 Å². The van der Waals surface area contributed by atoms with Gasteiger partial charge in [-0.3, -0.25) is 14.9 Å². The molecular weight excluding hydrogens is 324 g/mol. The van der Waals surface area contributed by atoms with E-state index in [1.165, 1.54) is 16.7 Å². The molecule has 2 N–H and O–H groups in total. The number of hydrogen-bond acceptors (Lipinski definition) is 3. The third-order valence-corrected chi connectivity index (χ3v) is 4.72. The number of aromatic nitrogens is 3. The van der Waals surface area contributed by atoms with E-state index in [9.17, 15) is 4.79 Å². The van der Waals surface area contributed by atoms with Crippen LogP contribution in [0.5, 0.6) is 0 Å². The van der Waals surface area contributed by atoms with E-state index in [0.717, 1.165) is 29.5 Å². The number of pyridine rings is 1. The van der Waals surface area contributed by atoms with Crippen LogP contribution in [-0.2, 0) is 17.6 Å². The Morgan fingerprint density at radius 2 is 2.12 bits per heavy atom. The zero-order valence-corrected chi connectivity index (χ0v) is 14.6. The van der Waals surface area contributed by atoms with Crippen molar-refractivity contribution in [1.82, 2.24) is 20.5 Å². The lowest BCUT2D eigenvalue weighted by atomic mass is 10.0. The van der Waals surface area contributed by atoms with Gasteiger partial charge in [-0.15, -0.1) is 0 Å². The van der Waals surface area contributed by atoms with Crippen LogP contribution < -0.4 is 5.32 Å². The number of carbonyl (C=O) groups excluding carboxylic acids is 1. The quantitative estimate of drug-likeness (QED) is 0.715. The van der Waals surface area contributed by atoms with Crippen molar-refractivity contribution in [1.29, 1.82) is 0 Å². The maximum atomic E-state index is 12.4. The van der Waals surface area contributed by atoms with Crippen molar-refractivity contribution in [2.75, 3.05) is 0 Å². The molecule has 0 aliphatic heterocycles. The van der Waals surface area contributed by atoms with Crippen LogP contribution in [0.3, 0.4) is 0 Å². The summed E-state index contributed by atoms with van der Waals surface area (Å²) in [6.45, 7) is 2.10. The lowest BCUT2D eigenvalue weighted by Crippen LogP contribution is -2.34. The normalized spacial score (nSPS) is 16.0. The van der Waals surface area contributed by atoms with Crippen molar-refractivity contribution in [3.63, 3.8) is 0 Å². The van der Waals surface area contributed by atoms with Gasteiger partial charge in [0, 0.05) is 41.8 Å². The second-order valence-corrected chi connectivity index (χ2v) is 6.67. The summed E-state index contributed by atoms with van der Waals surface area (Å²) in [5, 5.41) is 9.89. The third kappa shape index (κ3) is 3.42. The number of H-pyrrole nitrogens is 1. The molecule has 130 valence electrons. The number of aromatic amines is 1. The predicted octanol–water partition coefficient (Wildman–Crippen LogP) is 3.08. The van der Waals surface area contributed by atoms with Gasteiger partial charge in [0.1, 0.15) is 0 Å². The van der Waals surface area contributed by atoms with Gasteiger partial charge in [-0.05, 0) is 48.6 Å². The lowest BCUT2D eigenvalue weighted by Gasteiger charge is -2.10. The van der Waals surface area contributed by atoms with Crippen LogP contribution >= 0.6 is 0 Å². The molecular formula is C21H20N4O. The highest BCUT2D eigenvalue weighted by atomic mass is 16.1. The van der Waals surface area contributed by atoms with E-state index in [2.05, 4.69) is 45.6 Å². The molecule has 1 aliphatic rings. The summed E-state index contributed by atoms with van der Waals surface area (Å²) in [6.07, 6.45) is 12.2. The molecule has 0 saturated heterocycles. The molecule has 5 nitrogen and oxygen atoms in total. The van der Waals surface area contributed by atoms with E-state index in [-0.39, 0.29) is 11.9 Å². The maximum absolute atomic E-state index is 12.4. The molecule has 0 saturated carbocycles. The summed E-state index contributed by atoms with van der Waals surface area (Å²) in [7, 11) is 0. The van der Waals surface area contributed by atoms with E-state index in [1.54, 1.807) is 30.7 Å². The Balaban J connectivity index is 1.43. The van der Waals surface area contributed by atoms with Crippen molar-refractivity contribution in [3.8, 4) is 11.1 Å². The summed E-state index contributed by atoms with van der Waals surface area (Å²) in [5.41, 5.74) is 6.78. The van der Waals surface area contributed by atoms with Gasteiger partial charge >= 0.3 is 0 Å². The average molecular weight is 344 g/mol. The Kier molecular flexibility index (Phi) is 4.35. The second-order valence-electron chi connectivity index (χ2n) is 6.67. The van der Waals surface area contributed by atoms with Gasteiger partial charge in [0.2, 0.25) is 5.91 Å². The van der Waals surface area contributed by atoms with Crippen molar-refractivity contribution in [3.05, 3.63) is 77.4 Å². The molecule has 1 aromatic carbocycles. The monoisotopic (exact) mass is 344 g/mol. The topological polar surface area (TPSA) is 70.7 Å². The first kappa shape index (κ1) is 16.3. The number of benzene rings is 1. The Hall–Kier alpha value is -3.21. The van der Waals surface area contributed by atoms with Gasteiger partial charge in [0.25, 0.3) is 0 Å². The molecule has 2 aromatic heterocycles. The minimum absolute atomic E-state index is 0.0819. The zero-order chi connectivity index (χ0) is 17.9. The summed E-state index contributed by atoms with van der Waals surface area (Å²) < 4.78 is 0. The molecule has 2 heterocycles. The third-order valence-electron chi connectivity index (χ3n) is 4.72. The lowest BCUT2D eigenvalue weighted by molar-refractivity contribution is -0.117. The molecule has 1 unspecified atom stereocenters. The first-order valence-electron chi connectivity index (χ1n) is 8.69. The molecule has 1 amide bonds. The molecule has 1 atom stereocenters. The van der Waals surface area contributed by atoms with Gasteiger partial charge in [0.05, 0.1) is 6.20 Å². The highest BCUT2D eigenvalue weighted by Crippen LogP contribution is 2.24. The van der Waals surface area contributed by atoms with Gasteiger partial charge in [0.15, 0.2) is 0 Å². The largest absolute Gasteiger partial charge is 0.349 e. The Morgan fingerprint density at radius 3 is 2.96 bits per heavy atom. The van der Waals surface area contributed by atoms with Crippen LogP contribution in [0, 0.1) is 6.92 Å². The van der Waals surface area contributed by atoms with Crippen LogP contribution in [0.4, 0.5) is 0 Å². The van der Waals surface area contributed by atoms with Crippen LogP contribution in [0.1, 0.15) is 22.3 Å². The van der Waals surface area contributed by atoms with Gasteiger partial charge in [-0.1, -0.05) is 23.8 Å². The molecule has 4 rings (SSSR count).